The molecule has 0 bridgehead atoms. The van der Waals surface area contributed by atoms with Crippen LogP contribution in [0, 0.1) is 0 Å². The number of aliphatic hydroxyl groups is 3. The molecule has 1 amide bonds. The summed E-state index contributed by atoms with van der Waals surface area (Å²) in [6, 6.07) is -0.811. The lowest BCUT2D eigenvalue weighted by Gasteiger charge is -2.21. The Hall–Kier alpha value is -1.17. The molecule has 3 unspecified atom stereocenters. The summed E-state index contributed by atoms with van der Waals surface area (Å²) in [6.45, 7) is 4.20. The van der Waals surface area contributed by atoms with Gasteiger partial charge in [-0.25, -0.2) is 0 Å². The molecule has 0 aromatic heterocycles. The van der Waals surface area contributed by atoms with Gasteiger partial charge in [0.25, 0.3) is 0 Å². The van der Waals surface area contributed by atoms with Gasteiger partial charge in [-0.1, -0.05) is 269 Å². The molecule has 4 N–H and O–H groups in total. The fourth-order valence-corrected chi connectivity index (χ4v) is 8.03. The van der Waals surface area contributed by atoms with E-state index in [1.54, 1.807) is 6.08 Å². The summed E-state index contributed by atoms with van der Waals surface area (Å²) in [5.74, 6) is -0.508. The number of carbonyl (C=O) groups is 1. The van der Waals surface area contributed by atoms with Crippen LogP contribution in [-0.4, -0.2) is 46.1 Å². The lowest BCUT2D eigenvalue weighted by Crippen LogP contribution is -2.48. The molecule has 0 saturated carbocycles. The molecule has 0 aromatic carbocycles. The van der Waals surface area contributed by atoms with Crippen LogP contribution in [0.15, 0.2) is 24.3 Å². The molecule has 0 saturated heterocycles. The van der Waals surface area contributed by atoms with Crippen LogP contribution >= 0.6 is 0 Å². The number of aliphatic hydroxyl groups excluding tert-OH is 3. The first-order chi connectivity index (χ1) is 28.1. The normalized spacial score (nSPS) is 13.6. The number of hydrogen-bond donors (Lipinski definition) is 4. The van der Waals surface area contributed by atoms with Crippen LogP contribution in [0.2, 0.25) is 0 Å². The van der Waals surface area contributed by atoms with Gasteiger partial charge in [-0.15, -0.1) is 0 Å². The van der Waals surface area contributed by atoms with E-state index in [1.165, 1.54) is 218 Å². The largest absolute Gasteiger partial charge is 0.394 e. The maximum absolute atomic E-state index is 12.5. The number of amides is 1. The van der Waals surface area contributed by atoms with Crippen molar-refractivity contribution >= 4 is 5.91 Å². The van der Waals surface area contributed by atoms with Crippen LogP contribution in [-0.2, 0) is 4.79 Å². The fraction of sp³-hybridized carbons (Fsp3) is 0.904. The highest BCUT2D eigenvalue weighted by Crippen LogP contribution is 2.17. The Morgan fingerprint density at radius 3 is 1.07 bits per heavy atom. The van der Waals surface area contributed by atoms with E-state index in [0.29, 0.717) is 6.42 Å². The number of carbonyl (C=O) groups excluding carboxylic acids is 1. The molecule has 0 spiro atoms. The standard InChI is InChI=1S/C52H101NO4/c1-3-5-7-9-11-13-15-17-19-21-23-24-25-26-27-28-29-31-33-35-37-39-41-43-45-47-51(56)52(57)53-49(48-54)50(55)46-44-42-40-38-36-34-32-30-22-20-18-16-14-12-10-8-6-4-2/h36,38,44,46,49-51,54-56H,3-35,37,39-43,45,47-48H2,1-2H3,(H,53,57)/b38-36+,46-44+. The number of unbranched alkanes of at least 4 members (excludes halogenated alkanes) is 37. The van der Waals surface area contributed by atoms with Gasteiger partial charge in [0.2, 0.25) is 5.91 Å². The molecule has 0 aliphatic heterocycles. The summed E-state index contributed by atoms with van der Waals surface area (Å²) >= 11 is 0. The van der Waals surface area contributed by atoms with Crippen molar-refractivity contribution in [3.63, 3.8) is 0 Å². The van der Waals surface area contributed by atoms with E-state index in [2.05, 4.69) is 31.3 Å². The van der Waals surface area contributed by atoms with E-state index in [-0.39, 0.29) is 6.61 Å². The molecular weight excluding hydrogens is 703 g/mol. The summed E-state index contributed by atoms with van der Waals surface area (Å²) in [5, 5.41) is 33.2. The van der Waals surface area contributed by atoms with E-state index >= 15 is 0 Å². The van der Waals surface area contributed by atoms with Crippen molar-refractivity contribution in [3.8, 4) is 0 Å². The van der Waals surface area contributed by atoms with Crippen LogP contribution in [0.5, 0.6) is 0 Å². The van der Waals surface area contributed by atoms with Crippen LogP contribution in [0.3, 0.4) is 0 Å². The van der Waals surface area contributed by atoms with E-state index in [4.69, 9.17) is 0 Å². The Morgan fingerprint density at radius 1 is 0.421 bits per heavy atom. The van der Waals surface area contributed by atoms with Crippen molar-refractivity contribution in [2.75, 3.05) is 6.61 Å². The summed E-state index contributed by atoms with van der Waals surface area (Å²) < 4.78 is 0. The second-order valence-electron chi connectivity index (χ2n) is 17.7. The third-order valence-corrected chi connectivity index (χ3v) is 12.0. The monoisotopic (exact) mass is 804 g/mol. The van der Waals surface area contributed by atoms with Crippen LogP contribution < -0.4 is 5.32 Å². The molecular formula is C52H101NO4. The molecule has 3 atom stereocenters. The first kappa shape index (κ1) is 55.8. The minimum Gasteiger partial charge on any atom is -0.394 e. The topological polar surface area (TPSA) is 89.8 Å². The number of hydrogen-bond acceptors (Lipinski definition) is 4. The van der Waals surface area contributed by atoms with Gasteiger partial charge in [0.05, 0.1) is 18.8 Å². The Balaban J connectivity index is 3.60. The average Bonchev–Trinajstić information content (AvgIpc) is 3.22. The Bertz CT molecular complexity index is 844. The highest BCUT2D eigenvalue weighted by atomic mass is 16.3. The smallest absolute Gasteiger partial charge is 0.249 e. The maximum atomic E-state index is 12.5. The van der Waals surface area contributed by atoms with Crippen molar-refractivity contribution in [2.24, 2.45) is 0 Å². The predicted molar refractivity (Wildman–Crippen MR) is 250 cm³/mol. The molecule has 0 rings (SSSR count). The average molecular weight is 804 g/mol. The first-order valence-corrected chi connectivity index (χ1v) is 25.7. The third kappa shape index (κ3) is 42.8. The van der Waals surface area contributed by atoms with Crippen molar-refractivity contribution < 1.29 is 20.1 Å². The molecule has 5 heteroatoms. The SMILES string of the molecule is CCCCCCCCCCCCCC/C=C/CC/C=C/C(O)C(CO)NC(=O)C(O)CCCCCCCCCCCCCCCCCCCCCCCCCCC. The van der Waals surface area contributed by atoms with Gasteiger partial charge in [0.15, 0.2) is 0 Å². The van der Waals surface area contributed by atoms with Gasteiger partial charge in [-0.05, 0) is 32.1 Å². The van der Waals surface area contributed by atoms with Crippen LogP contribution in [0.1, 0.15) is 277 Å². The summed E-state index contributed by atoms with van der Waals surface area (Å²) in [7, 11) is 0. The van der Waals surface area contributed by atoms with E-state index in [1.807, 2.05) is 6.08 Å². The quantitative estimate of drug-likeness (QED) is 0.0364. The Kier molecular flexibility index (Phi) is 46.5. The maximum Gasteiger partial charge on any atom is 0.249 e. The van der Waals surface area contributed by atoms with Gasteiger partial charge in [-0.2, -0.15) is 0 Å². The number of rotatable bonds is 47. The molecule has 0 aliphatic rings. The van der Waals surface area contributed by atoms with Crippen molar-refractivity contribution in [3.05, 3.63) is 24.3 Å². The minimum absolute atomic E-state index is 0.373. The minimum atomic E-state index is -1.10. The molecule has 0 heterocycles. The second-order valence-corrected chi connectivity index (χ2v) is 17.7. The van der Waals surface area contributed by atoms with Crippen LogP contribution in [0.4, 0.5) is 0 Å². The highest BCUT2D eigenvalue weighted by molar-refractivity contribution is 5.80. The predicted octanol–water partition coefficient (Wildman–Crippen LogP) is 15.3. The van der Waals surface area contributed by atoms with E-state index in [9.17, 15) is 20.1 Å². The van der Waals surface area contributed by atoms with Gasteiger partial charge in [0.1, 0.15) is 6.10 Å². The third-order valence-electron chi connectivity index (χ3n) is 12.0. The van der Waals surface area contributed by atoms with Gasteiger partial charge in [0, 0.05) is 0 Å². The zero-order valence-electron chi connectivity index (χ0n) is 38.5. The summed E-state index contributed by atoms with van der Waals surface area (Å²) in [5.41, 5.74) is 0. The summed E-state index contributed by atoms with van der Waals surface area (Å²) in [6.07, 6.45) is 59.5. The fourth-order valence-electron chi connectivity index (χ4n) is 8.03. The van der Waals surface area contributed by atoms with E-state index in [0.717, 1.165) is 38.5 Å². The molecule has 5 nitrogen and oxygen atoms in total. The zero-order chi connectivity index (χ0) is 41.5. The highest BCUT2D eigenvalue weighted by Gasteiger charge is 2.22. The zero-order valence-corrected chi connectivity index (χ0v) is 38.5. The van der Waals surface area contributed by atoms with Crippen molar-refractivity contribution in [1.29, 1.82) is 0 Å². The molecule has 0 radical (unpaired) electrons. The first-order valence-electron chi connectivity index (χ1n) is 25.7. The van der Waals surface area contributed by atoms with E-state index < -0.39 is 24.2 Å². The molecule has 338 valence electrons. The lowest BCUT2D eigenvalue weighted by atomic mass is 10.0. The molecule has 57 heavy (non-hydrogen) atoms. The van der Waals surface area contributed by atoms with Crippen molar-refractivity contribution in [1.82, 2.24) is 5.32 Å². The Morgan fingerprint density at radius 2 is 0.719 bits per heavy atom. The lowest BCUT2D eigenvalue weighted by molar-refractivity contribution is -0.131. The summed E-state index contributed by atoms with van der Waals surface area (Å²) in [4.78, 5) is 12.5. The van der Waals surface area contributed by atoms with Gasteiger partial charge >= 0.3 is 0 Å². The molecule has 0 fully saturated rings. The Labute approximate surface area is 356 Å². The number of allylic oxidation sites excluding steroid dienone is 3. The second kappa shape index (κ2) is 47.5. The van der Waals surface area contributed by atoms with Crippen molar-refractivity contribution in [2.45, 2.75) is 295 Å². The van der Waals surface area contributed by atoms with Crippen LogP contribution in [0.25, 0.3) is 0 Å². The van der Waals surface area contributed by atoms with Gasteiger partial charge in [-0.3, -0.25) is 4.79 Å². The molecule has 0 aliphatic carbocycles. The molecule has 0 aromatic rings. The number of nitrogens with one attached hydrogen (secondary N) is 1. The van der Waals surface area contributed by atoms with Gasteiger partial charge < -0.3 is 20.6 Å².